The lowest BCUT2D eigenvalue weighted by atomic mass is 10.1. The number of rotatable bonds is 7. The van der Waals surface area contributed by atoms with Gasteiger partial charge in [-0.1, -0.05) is 36.4 Å². The zero-order valence-corrected chi connectivity index (χ0v) is 15.8. The summed E-state index contributed by atoms with van der Waals surface area (Å²) in [5.41, 5.74) is 2.86. The first-order chi connectivity index (χ1) is 12.4. The zero-order chi connectivity index (χ0) is 19.0. The fourth-order valence-corrected chi connectivity index (χ4v) is 3.24. The summed E-state index contributed by atoms with van der Waals surface area (Å²) >= 11 is 0. The minimum atomic E-state index is -3.02. The van der Waals surface area contributed by atoms with Crippen LogP contribution in [0, 0.1) is 5.82 Å². The number of guanidine groups is 1. The Kier molecular flexibility index (Phi) is 7.15. The van der Waals surface area contributed by atoms with E-state index in [4.69, 9.17) is 0 Å². The molecule has 0 heterocycles. The Labute approximate surface area is 154 Å². The van der Waals surface area contributed by atoms with Gasteiger partial charge in [0, 0.05) is 26.4 Å². The Morgan fingerprint density at radius 2 is 1.54 bits per heavy atom. The third-order valence-corrected chi connectivity index (χ3v) is 4.61. The summed E-state index contributed by atoms with van der Waals surface area (Å²) in [5, 5.41) is 6.42. The number of benzene rings is 2. The van der Waals surface area contributed by atoms with E-state index in [1.807, 2.05) is 24.3 Å². The first kappa shape index (κ1) is 19.9. The summed E-state index contributed by atoms with van der Waals surface area (Å²) in [6.45, 7) is 1.26. The van der Waals surface area contributed by atoms with Crippen LogP contribution in [0.4, 0.5) is 4.39 Å². The van der Waals surface area contributed by atoms with Crippen LogP contribution in [-0.4, -0.2) is 34.2 Å². The largest absolute Gasteiger partial charge is 0.356 e. The highest BCUT2D eigenvalue weighted by Crippen LogP contribution is 2.08. The second-order valence-corrected chi connectivity index (χ2v) is 8.26. The second-order valence-electron chi connectivity index (χ2n) is 6.12. The predicted octanol–water partition coefficient (Wildman–Crippen LogP) is 2.28. The second kappa shape index (κ2) is 9.33. The summed E-state index contributed by atoms with van der Waals surface area (Å²) in [6.07, 6.45) is 1.99. The first-order valence-corrected chi connectivity index (χ1v) is 10.4. The quantitative estimate of drug-likeness (QED) is 0.574. The molecule has 5 nitrogen and oxygen atoms in total. The highest BCUT2D eigenvalue weighted by Gasteiger charge is 2.04. The van der Waals surface area contributed by atoms with Crippen molar-refractivity contribution in [3.8, 4) is 0 Å². The van der Waals surface area contributed by atoms with Gasteiger partial charge in [-0.05, 0) is 35.2 Å². The van der Waals surface area contributed by atoms with Crippen LogP contribution < -0.4 is 10.6 Å². The molecule has 0 atom stereocenters. The van der Waals surface area contributed by atoms with Crippen molar-refractivity contribution in [2.75, 3.05) is 19.8 Å². The van der Waals surface area contributed by atoms with Crippen molar-refractivity contribution in [3.63, 3.8) is 0 Å². The van der Waals surface area contributed by atoms with E-state index in [9.17, 15) is 12.8 Å². The molecule has 140 valence electrons. The summed E-state index contributed by atoms with van der Waals surface area (Å²) in [4.78, 5) is 4.17. The number of hydrogen-bond donors (Lipinski definition) is 2. The number of halogens is 1. The molecule has 2 aromatic rings. The molecule has 0 aromatic heterocycles. The van der Waals surface area contributed by atoms with Gasteiger partial charge in [0.2, 0.25) is 0 Å². The Hall–Kier alpha value is -2.41. The molecule has 2 aromatic carbocycles. The van der Waals surface area contributed by atoms with Crippen LogP contribution in [0.25, 0.3) is 0 Å². The van der Waals surface area contributed by atoms with Crippen LogP contribution in [0.5, 0.6) is 0 Å². The van der Waals surface area contributed by atoms with Crippen molar-refractivity contribution < 1.29 is 12.8 Å². The number of nitrogens with zero attached hydrogens (tertiary/aromatic N) is 1. The van der Waals surface area contributed by atoms with Gasteiger partial charge in [-0.25, -0.2) is 12.8 Å². The molecule has 0 spiro atoms. The van der Waals surface area contributed by atoms with Gasteiger partial charge in [0.15, 0.2) is 15.8 Å². The molecule has 7 heteroatoms. The van der Waals surface area contributed by atoms with Crippen LogP contribution in [0.1, 0.15) is 16.7 Å². The van der Waals surface area contributed by atoms with E-state index < -0.39 is 9.84 Å². The van der Waals surface area contributed by atoms with Crippen molar-refractivity contribution >= 4 is 15.8 Å². The molecule has 0 fully saturated rings. The number of hydrogen-bond acceptors (Lipinski definition) is 3. The standard InChI is InChI=1S/C19H24FN3O2S/c1-21-19(22-12-11-15-7-9-18(20)10-8-15)23-13-16-3-5-17(6-4-16)14-26(2,24)25/h3-10H,11-14H2,1-2H3,(H2,21,22,23). The highest BCUT2D eigenvalue weighted by molar-refractivity contribution is 7.89. The SMILES string of the molecule is CN=C(NCCc1ccc(F)cc1)NCc1ccc(CS(C)(=O)=O)cc1. The monoisotopic (exact) mass is 377 g/mol. The number of sulfone groups is 1. The normalized spacial score (nSPS) is 12.0. The average Bonchev–Trinajstić information content (AvgIpc) is 2.59. The minimum absolute atomic E-state index is 0.0489. The Bertz CT molecular complexity index is 832. The molecule has 2 N–H and O–H groups in total. The van der Waals surface area contributed by atoms with E-state index in [2.05, 4.69) is 15.6 Å². The zero-order valence-electron chi connectivity index (χ0n) is 15.0. The van der Waals surface area contributed by atoms with Crippen molar-refractivity contribution in [2.45, 2.75) is 18.7 Å². The molecule has 0 amide bonds. The number of aliphatic imine (C=N–C) groups is 1. The molecule has 0 radical (unpaired) electrons. The maximum Gasteiger partial charge on any atom is 0.191 e. The Balaban J connectivity index is 1.78. The first-order valence-electron chi connectivity index (χ1n) is 8.30. The third-order valence-electron chi connectivity index (χ3n) is 3.75. The van der Waals surface area contributed by atoms with Gasteiger partial charge in [0.25, 0.3) is 0 Å². The molecule has 0 unspecified atom stereocenters. The predicted molar refractivity (Wildman–Crippen MR) is 103 cm³/mol. The lowest BCUT2D eigenvalue weighted by Crippen LogP contribution is -2.37. The Morgan fingerprint density at radius 1 is 0.962 bits per heavy atom. The minimum Gasteiger partial charge on any atom is -0.356 e. The van der Waals surface area contributed by atoms with Crippen LogP contribution >= 0.6 is 0 Å². The van der Waals surface area contributed by atoms with Crippen molar-refractivity contribution in [1.82, 2.24) is 10.6 Å². The smallest absolute Gasteiger partial charge is 0.191 e. The summed E-state index contributed by atoms with van der Waals surface area (Å²) in [6, 6.07) is 13.9. The van der Waals surface area contributed by atoms with Gasteiger partial charge in [0.05, 0.1) is 5.75 Å². The van der Waals surface area contributed by atoms with Crippen molar-refractivity contribution in [1.29, 1.82) is 0 Å². The molecule has 0 saturated carbocycles. The van der Waals surface area contributed by atoms with Crippen molar-refractivity contribution in [2.24, 2.45) is 4.99 Å². The lowest BCUT2D eigenvalue weighted by Gasteiger charge is -2.12. The molecule has 0 aliphatic rings. The van der Waals surface area contributed by atoms with Gasteiger partial charge in [-0.15, -0.1) is 0 Å². The molecule has 0 bridgehead atoms. The molecular weight excluding hydrogens is 353 g/mol. The molecule has 0 saturated heterocycles. The van der Waals surface area contributed by atoms with E-state index in [1.54, 1.807) is 19.2 Å². The third kappa shape index (κ3) is 7.23. The van der Waals surface area contributed by atoms with E-state index in [1.165, 1.54) is 18.4 Å². The van der Waals surface area contributed by atoms with Crippen LogP contribution in [0.2, 0.25) is 0 Å². The molecule has 0 aliphatic carbocycles. The van der Waals surface area contributed by atoms with Crippen LogP contribution in [-0.2, 0) is 28.6 Å². The van der Waals surface area contributed by atoms with Gasteiger partial charge >= 0.3 is 0 Å². The summed E-state index contributed by atoms with van der Waals surface area (Å²) in [5.74, 6) is 0.488. The number of nitrogens with one attached hydrogen (secondary N) is 2. The summed E-state index contributed by atoms with van der Waals surface area (Å²) in [7, 11) is -1.32. The Morgan fingerprint density at radius 3 is 2.12 bits per heavy atom. The van der Waals surface area contributed by atoms with E-state index >= 15 is 0 Å². The van der Waals surface area contributed by atoms with Crippen LogP contribution in [0.15, 0.2) is 53.5 Å². The molecule has 2 rings (SSSR count). The maximum absolute atomic E-state index is 12.9. The fourth-order valence-electron chi connectivity index (χ4n) is 2.44. The van der Waals surface area contributed by atoms with E-state index in [-0.39, 0.29) is 11.6 Å². The van der Waals surface area contributed by atoms with Crippen molar-refractivity contribution in [3.05, 3.63) is 71.0 Å². The van der Waals surface area contributed by atoms with Gasteiger partial charge < -0.3 is 10.6 Å². The molecular formula is C19H24FN3O2S. The average molecular weight is 377 g/mol. The van der Waals surface area contributed by atoms with Gasteiger partial charge in [-0.2, -0.15) is 0 Å². The topological polar surface area (TPSA) is 70.6 Å². The van der Waals surface area contributed by atoms with Crippen LogP contribution in [0.3, 0.4) is 0 Å². The summed E-state index contributed by atoms with van der Waals surface area (Å²) < 4.78 is 35.5. The molecule has 0 aliphatic heterocycles. The van der Waals surface area contributed by atoms with E-state index in [0.29, 0.717) is 19.0 Å². The molecule has 26 heavy (non-hydrogen) atoms. The lowest BCUT2D eigenvalue weighted by molar-refractivity contribution is 0.601. The van der Waals surface area contributed by atoms with Gasteiger partial charge in [0.1, 0.15) is 5.82 Å². The maximum atomic E-state index is 12.9. The fraction of sp³-hybridized carbons (Fsp3) is 0.316. The van der Waals surface area contributed by atoms with E-state index in [0.717, 1.165) is 23.1 Å². The highest BCUT2D eigenvalue weighted by atomic mass is 32.2. The van der Waals surface area contributed by atoms with Gasteiger partial charge in [-0.3, -0.25) is 4.99 Å².